The molecule has 0 atom stereocenters. The van der Waals surface area contributed by atoms with Gasteiger partial charge < -0.3 is 15.8 Å². The van der Waals surface area contributed by atoms with Gasteiger partial charge in [0.05, 0.1) is 0 Å². The first kappa shape index (κ1) is 9.48. The Morgan fingerprint density at radius 2 is 2.17 bits per heavy atom. The van der Waals surface area contributed by atoms with Gasteiger partial charge in [-0.1, -0.05) is 0 Å². The Kier molecular flexibility index (Phi) is 3.05. The number of nitrogens with two attached hydrogens (primary N) is 1. The summed E-state index contributed by atoms with van der Waals surface area (Å²) in [5.74, 6) is 0.172. The van der Waals surface area contributed by atoms with E-state index in [1.807, 2.05) is 6.92 Å². The minimum absolute atomic E-state index is 0.172. The average molecular weight is 171 g/mol. The van der Waals surface area contributed by atoms with E-state index in [0.29, 0.717) is 6.61 Å². The van der Waals surface area contributed by atoms with Gasteiger partial charge in [-0.25, -0.2) is 0 Å². The van der Waals surface area contributed by atoms with Gasteiger partial charge in [0.1, 0.15) is 11.4 Å². The van der Waals surface area contributed by atoms with Crippen LogP contribution >= 0.6 is 0 Å². The molecular weight excluding hydrogens is 154 g/mol. The first-order chi connectivity index (χ1) is 5.71. The lowest BCUT2D eigenvalue weighted by molar-refractivity contribution is -0.00758. The van der Waals surface area contributed by atoms with Crippen LogP contribution in [0.5, 0.6) is 0 Å². The van der Waals surface area contributed by atoms with Gasteiger partial charge in [-0.2, -0.15) is 0 Å². The Balaban J connectivity index is 2.63. The molecule has 0 unspecified atom stereocenters. The Bertz CT molecular complexity index is 158. The van der Waals surface area contributed by atoms with Gasteiger partial charge in [0.15, 0.2) is 0 Å². The second-order valence-corrected chi connectivity index (χ2v) is 3.09. The number of hydrogen-bond donors (Lipinski definition) is 3. The summed E-state index contributed by atoms with van der Waals surface area (Å²) < 4.78 is 5.54. The van der Waals surface area contributed by atoms with Crippen LogP contribution < -0.4 is 11.1 Å². The van der Waals surface area contributed by atoms with Gasteiger partial charge in [-0.15, -0.1) is 0 Å². The summed E-state index contributed by atoms with van der Waals surface area (Å²) in [7, 11) is 0. The number of amidine groups is 1. The highest BCUT2D eigenvalue weighted by atomic mass is 16.5. The molecule has 1 fully saturated rings. The minimum atomic E-state index is -0.472. The highest BCUT2D eigenvalue weighted by Gasteiger charge is 2.35. The molecule has 1 rings (SSSR count). The molecule has 1 aliphatic rings. The lowest BCUT2D eigenvalue weighted by Gasteiger charge is -2.36. The van der Waals surface area contributed by atoms with Crippen molar-refractivity contribution in [3.05, 3.63) is 0 Å². The number of nitrogens with one attached hydrogen (secondary N) is 2. The third kappa shape index (κ3) is 1.76. The molecule has 1 aliphatic heterocycles. The maximum atomic E-state index is 7.47. The standard InChI is InChI=1S/C8H17N3O/c1-2-12-8(7(9)10)3-5-11-6-4-8/h11H,2-6H2,1H3,(H3,9,10). The van der Waals surface area contributed by atoms with E-state index in [1.54, 1.807) is 0 Å². The largest absolute Gasteiger partial charge is 0.385 e. The summed E-state index contributed by atoms with van der Waals surface area (Å²) >= 11 is 0. The number of hydrogen-bond acceptors (Lipinski definition) is 3. The predicted octanol–water partition coefficient (Wildman–Crippen LogP) is 0.0811. The highest BCUT2D eigenvalue weighted by Crippen LogP contribution is 2.22. The molecule has 0 radical (unpaired) electrons. The fourth-order valence-corrected chi connectivity index (χ4v) is 1.60. The first-order valence-corrected chi connectivity index (χ1v) is 4.40. The third-order valence-corrected chi connectivity index (χ3v) is 2.32. The van der Waals surface area contributed by atoms with Crippen molar-refractivity contribution in [1.29, 1.82) is 5.41 Å². The monoisotopic (exact) mass is 171 g/mol. The molecule has 0 aromatic rings. The highest BCUT2D eigenvalue weighted by molar-refractivity contribution is 5.86. The summed E-state index contributed by atoms with van der Waals surface area (Å²) in [6, 6.07) is 0. The molecule has 0 aromatic heterocycles. The van der Waals surface area contributed by atoms with Crippen LogP contribution in [0.25, 0.3) is 0 Å². The van der Waals surface area contributed by atoms with Crippen LogP contribution in [0, 0.1) is 5.41 Å². The Labute approximate surface area is 73.0 Å². The van der Waals surface area contributed by atoms with Crippen molar-refractivity contribution in [1.82, 2.24) is 5.32 Å². The van der Waals surface area contributed by atoms with E-state index in [9.17, 15) is 0 Å². The van der Waals surface area contributed by atoms with Crippen LogP contribution in [0.4, 0.5) is 0 Å². The molecule has 0 aromatic carbocycles. The Morgan fingerprint density at radius 1 is 1.58 bits per heavy atom. The van der Waals surface area contributed by atoms with Crippen molar-refractivity contribution in [2.45, 2.75) is 25.4 Å². The molecule has 4 heteroatoms. The Hall–Kier alpha value is -0.610. The second-order valence-electron chi connectivity index (χ2n) is 3.09. The first-order valence-electron chi connectivity index (χ1n) is 4.40. The normalized spacial score (nSPS) is 22.1. The molecule has 0 saturated carbocycles. The van der Waals surface area contributed by atoms with Crippen molar-refractivity contribution in [2.75, 3.05) is 19.7 Å². The van der Waals surface area contributed by atoms with Crippen LogP contribution in [0.1, 0.15) is 19.8 Å². The Morgan fingerprint density at radius 3 is 2.58 bits per heavy atom. The summed E-state index contributed by atoms with van der Waals surface area (Å²) in [6.07, 6.45) is 1.63. The van der Waals surface area contributed by atoms with Gasteiger partial charge in [0.2, 0.25) is 0 Å². The topological polar surface area (TPSA) is 71.1 Å². The molecule has 0 aliphatic carbocycles. The van der Waals surface area contributed by atoms with Crippen molar-refractivity contribution < 1.29 is 4.74 Å². The van der Waals surface area contributed by atoms with Gasteiger partial charge in [-0.3, -0.25) is 5.41 Å². The van der Waals surface area contributed by atoms with E-state index in [4.69, 9.17) is 15.9 Å². The number of rotatable bonds is 3. The van der Waals surface area contributed by atoms with Gasteiger partial charge in [-0.05, 0) is 32.9 Å². The van der Waals surface area contributed by atoms with Crippen molar-refractivity contribution in [3.63, 3.8) is 0 Å². The lowest BCUT2D eigenvalue weighted by Crippen LogP contribution is -2.52. The van der Waals surface area contributed by atoms with Crippen LogP contribution in [0.15, 0.2) is 0 Å². The number of piperidine rings is 1. The molecule has 70 valence electrons. The summed E-state index contributed by atoms with van der Waals surface area (Å²) in [5.41, 5.74) is 5.05. The zero-order chi connectivity index (χ0) is 9.03. The van der Waals surface area contributed by atoms with E-state index >= 15 is 0 Å². The smallest absolute Gasteiger partial charge is 0.127 e. The third-order valence-electron chi connectivity index (χ3n) is 2.32. The molecular formula is C8H17N3O. The zero-order valence-electron chi connectivity index (χ0n) is 7.52. The average Bonchev–Trinajstić information content (AvgIpc) is 2.06. The summed E-state index contributed by atoms with van der Waals surface area (Å²) in [5, 5.41) is 10.7. The maximum Gasteiger partial charge on any atom is 0.127 e. The SMILES string of the molecule is CCOC1(C(=N)N)CCNCC1. The van der Waals surface area contributed by atoms with Gasteiger partial charge in [0, 0.05) is 6.61 Å². The van der Waals surface area contributed by atoms with E-state index in [2.05, 4.69) is 5.32 Å². The molecule has 12 heavy (non-hydrogen) atoms. The summed E-state index contributed by atoms with van der Waals surface area (Å²) in [6.45, 7) is 4.34. The molecule has 1 saturated heterocycles. The van der Waals surface area contributed by atoms with Crippen LogP contribution in [-0.4, -0.2) is 31.1 Å². The molecule has 4 nitrogen and oxygen atoms in total. The summed E-state index contributed by atoms with van der Waals surface area (Å²) in [4.78, 5) is 0. The van der Waals surface area contributed by atoms with Crippen LogP contribution in [0.3, 0.4) is 0 Å². The molecule has 1 heterocycles. The zero-order valence-corrected chi connectivity index (χ0v) is 7.52. The van der Waals surface area contributed by atoms with Crippen molar-refractivity contribution in [2.24, 2.45) is 5.73 Å². The van der Waals surface area contributed by atoms with Crippen molar-refractivity contribution >= 4 is 5.84 Å². The molecule has 4 N–H and O–H groups in total. The number of ether oxygens (including phenoxy) is 1. The van der Waals surface area contributed by atoms with Crippen LogP contribution in [0.2, 0.25) is 0 Å². The van der Waals surface area contributed by atoms with E-state index in [1.165, 1.54) is 0 Å². The quantitative estimate of drug-likeness (QED) is 0.416. The predicted molar refractivity (Wildman–Crippen MR) is 48.4 cm³/mol. The van der Waals surface area contributed by atoms with Gasteiger partial charge in [0.25, 0.3) is 0 Å². The maximum absolute atomic E-state index is 7.47. The van der Waals surface area contributed by atoms with E-state index in [-0.39, 0.29) is 5.84 Å². The fraction of sp³-hybridized carbons (Fsp3) is 0.875. The van der Waals surface area contributed by atoms with Gasteiger partial charge >= 0.3 is 0 Å². The lowest BCUT2D eigenvalue weighted by atomic mass is 9.91. The van der Waals surface area contributed by atoms with E-state index < -0.39 is 5.60 Å². The second kappa shape index (κ2) is 3.87. The molecule has 0 bridgehead atoms. The minimum Gasteiger partial charge on any atom is -0.385 e. The molecule has 0 amide bonds. The molecule has 0 spiro atoms. The van der Waals surface area contributed by atoms with Crippen LogP contribution in [-0.2, 0) is 4.74 Å². The van der Waals surface area contributed by atoms with E-state index in [0.717, 1.165) is 25.9 Å². The van der Waals surface area contributed by atoms with Crippen molar-refractivity contribution in [3.8, 4) is 0 Å². The fourth-order valence-electron chi connectivity index (χ4n) is 1.60.